The minimum atomic E-state index is -1.78. The van der Waals surface area contributed by atoms with Gasteiger partial charge in [-0.2, -0.15) is 0 Å². The lowest BCUT2D eigenvalue weighted by atomic mass is 9.93. The molecular weight excluding hydrogens is 829 g/mol. The molecule has 5 rings (SSSR count). The number of carbonyl (C=O) groups excluding carboxylic acids is 8. The lowest BCUT2D eigenvalue weighted by Gasteiger charge is -2.40. The second-order valence-electron chi connectivity index (χ2n) is 16.3. The fourth-order valence-electron chi connectivity index (χ4n) is 7.69. The highest BCUT2D eigenvalue weighted by Crippen LogP contribution is 2.32. The Labute approximate surface area is 362 Å². The van der Waals surface area contributed by atoms with Gasteiger partial charge in [-0.1, -0.05) is 45.4 Å². The van der Waals surface area contributed by atoms with Crippen LogP contribution < -0.4 is 43.0 Å². The van der Waals surface area contributed by atoms with Crippen LogP contribution in [-0.4, -0.2) is 153 Å². The standard InChI is InChI=1S/C40H58N10O11S/c1-5-18(2)32-37(59)43-14-30(54)44-27-17-62-39-23(22-8-6-7-9-24(22)47-39)12-25(34(56)42-15-31(55)48-32)45-38(60)33(19(3)20(4)51)49-36(58)28-11-10-21(52)16-50(28)40(61)26(13-29(41)53)46-35(27)57/h6-9,18-21,25-28,32-33,35,46-47,51-52,57H,5,10-17H2,1-4H3,(H2,41,53)(H,42,56)(H,43,59)(H,44,54)(H,45,60)(H,48,55)(H,49,58)/t18?,19-,20-,21+,25?,26-,27?,28-,32-,33?,35?/m0/s1. The molecule has 21 nitrogen and oxygen atoms in total. The van der Waals surface area contributed by atoms with Crippen LogP contribution in [0.3, 0.4) is 0 Å². The number of amides is 8. The third kappa shape index (κ3) is 11.8. The molecule has 2 aromatic rings. The number of aromatic nitrogens is 1. The molecule has 0 aliphatic carbocycles. The summed E-state index contributed by atoms with van der Waals surface area (Å²) < 4.78 is 0. The van der Waals surface area contributed by atoms with Crippen LogP contribution in [-0.2, 0) is 44.8 Å². The summed E-state index contributed by atoms with van der Waals surface area (Å²) in [5.74, 6) is -8.10. The minimum absolute atomic E-state index is 0.0734. The van der Waals surface area contributed by atoms with Crippen LogP contribution in [0.5, 0.6) is 0 Å². The zero-order chi connectivity index (χ0) is 45.4. The van der Waals surface area contributed by atoms with E-state index in [-0.39, 0.29) is 31.6 Å². The molecule has 4 heterocycles. The number of rotatable bonds is 6. The number of para-hydroxylation sites is 1. The SMILES string of the molecule is CCC(C)[C@@H]1NC(=O)CNC(=O)C2Cc3c([nH]c4ccccc34)SCC(NC(=O)CNC1=O)C(O)N[C@@H](CC(N)=O)C(=O)N1C[C@H](O)CC[C@H]1C(=O)NC([C@@H](C)[C@H](C)O)C(=O)N2. The average Bonchev–Trinajstić information content (AvgIpc) is 3.58. The Morgan fingerprint density at radius 1 is 0.871 bits per heavy atom. The number of aliphatic hydroxyl groups excluding tert-OH is 3. The Morgan fingerprint density at radius 2 is 1.55 bits per heavy atom. The number of aromatic amines is 1. The molecule has 340 valence electrons. The third-order valence-corrected chi connectivity index (χ3v) is 12.9. The van der Waals surface area contributed by atoms with E-state index in [4.69, 9.17) is 5.73 Å². The van der Waals surface area contributed by atoms with Crippen molar-refractivity contribution in [2.75, 3.05) is 25.4 Å². The van der Waals surface area contributed by atoms with E-state index in [2.05, 4.69) is 42.2 Å². The number of carbonyl (C=O) groups is 8. The van der Waals surface area contributed by atoms with E-state index < -0.39 is 133 Å². The molecule has 8 amide bonds. The maximum atomic E-state index is 14.4. The quantitative estimate of drug-likeness (QED) is 0.135. The van der Waals surface area contributed by atoms with Crippen molar-refractivity contribution in [2.45, 2.75) is 120 Å². The van der Waals surface area contributed by atoms with Gasteiger partial charge in [-0.25, -0.2) is 0 Å². The molecule has 11 atom stereocenters. The van der Waals surface area contributed by atoms with E-state index in [0.717, 1.165) is 16.7 Å². The van der Waals surface area contributed by atoms with E-state index in [1.807, 2.05) is 0 Å². The van der Waals surface area contributed by atoms with E-state index in [1.54, 1.807) is 38.1 Å². The van der Waals surface area contributed by atoms with Gasteiger partial charge in [0.2, 0.25) is 47.3 Å². The summed E-state index contributed by atoms with van der Waals surface area (Å²) in [7, 11) is 0. The van der Waals surface area contributed by atoms with Crippen LogP contribution in [0.2, 0.25) is 0 Å². The lowest BCUT2D eigenvalue weighted by Crippen LogP contribution is -2.65. The largest absolute Gasteiger partial charge is 0.393 e. The van der Waals surface area contributed by atoms with Crippen molar-refractivity contribution in [2.24, 2.45) is 17.6 Å². The molecule has 62 heavy (non-hydrogen) atoms. The number of aliphatic hydroxyl groups is 3. The van der Waals surface area contributed by atoms with Crippen molar-refractivity contribution in [3.8, 4) is 0 Å². The smallest absolute Gasteiger partial charge is 0.243 e. The number of fused-ring (bicyclic) bond motifs is 5. The third-order valence-electron chi connectivity index (χ3n) is 11.7. The molecule has 5 unspecified atom stereocenters. The first-order chi connectivity index (χ1) is 29.4. The summed E-state index contributed by atoms with van der Waals surface area (Å²) in [4.78, 5) is 114. The van der Waals surface area contributed by atoms with Gasteiger partial charge in [-0.3, -0.25) is 43.7 Å². The second-order valence-corrected chi connectivity index (χ2v) is 17.3. The fraction of sp³-hybridized carbons (Fsp3) is 0.600. The van der Waals surface area contributed by atoms with Gasteiger partial charge in [-0.15, -0.1) is 11.8 Å². The highest BCUT2D eigenvalue weighted by atomic mass is 32.2. The number of benzene rings is 1. The van der Waals surface area contributed by atoms with Crippen LogP contribution in [0.25, 0.3) is 10.9 Å². The van der Waals surface area contributed by atoms with Crippen molar-refractivity contribution in [1.29, 1.82) is 0 Å². The number of hydrogen-bond donors (Lipinski definition) is 12. The predicted octanol–water partition coefficient (Wildman–Crippen LogP) is -3.43. The monoisotopic (exact) mass is 886 g/mol. The number of hydrogen-bond acceptors (Lipinski definition) is 13. The number of nitrogens with one attached hydrogen (secondary N) is 8. The molecule has 0 radical (unpaired) electrons. The lowest BCUT2D eigenvalue weighted by molar-refractivity contribution is -0.149. The van der Waals surface area contributed by atoms with Gasteiger partial charge in [0, 0.05) is 35.5 Å². The normalized spacial score (nSPS) is 29.3. The molecule has 13 N–H and O–H groups in total. The Bertz CT molecular complexity index is 2010. The topological polar surface area (TPSA) is 327 Å². The number of H-pyrrole nitrogens is 1. The van der Waals surface area contributed by atoms with E-state index in [1.165, 1.54) is 13.8 Å². The van der Waals surface area contributed by atoms with Gasteiger partial charge >= 0.3 is 0 Å². The Balaban J connectivity index is 1.69. The molecule has 0 spiro atoms. The average molecular weight is 887 g/mol. The van der Waals surface area contributed by atoms with Crippen LogP contribution in [0.4, 0.5) is 0 Å². The number of primary amides is 1. The molecule has 1 aromatic heterocycles. The number of nitrogens with two attached hydrogens (primary N) is 1. The van der Waals surface area contributed by atoms with Crippen LogP contribution in [0, 0.1) is 11.8 Å². The molecule has 2 bridgehead atoms. The van der Waals surface area contributed by atoms with Crippen LogP contribution in [0.1, 0.15) is 58.9 Å². The highest BCUT2D eigenvalue weighted by Gasteiger charge is 2.42. The summed E-state index contributed by atoms with van der Waals surface area (Å²) in [6.45, 7) is 4.85. The Kier molecular flexibility index (Phi) is 16.3. The van der Waals surface area contributed by atoms with E-state index >= 15 is 0 Å². The van der Waals surface area contributed by atoms with Crippen molar-refractivity contribution >= 4 is 69.9 Å². The molecule has 22 heteroatoms. The summed E-state index contributed by atoms with van der Waals surface area (Å²) in [5.41, 5.74) is 6.73. The first kappa shape index (κ1) is 47.8. The van der Waals surface area contributed by atoms with Gasteiger partial charge in [0.1, 0.15) is 30.4 Å². The summed E-state index contributed by atoms with van der Waals surface area (Å²) in [6, 6.07) is -1.11. The maximum Gasteiger partial charge on any atom is 0.243 e. The fourth-order valence-corrected chi connectivity index (χ4v) is 8.85. The van der Waals surface area contributed by atoms with Gasteiger partial charge < -0.3 is 62.8 Å². The maximum absolute atomic E-state index is 14.4. The van der Waals surface area contributed by atoms with Crippen molar-refractivity contribution < 1.29 is 53.7 Å². The van der Waals surface area contributed by atoms with Gasteiger partial charge in [0.15, 0.2) is 0 Å². The molecule has 1 aromatic carbocycles. The van der Waals surface area contributed by atoms with Gasteiger partial charge in [0.25, 0.3) is 0 Å². The van der Waals surface area contributed by atoms with Crippen molar-refractivity contribution in [1.82, 2.24) is 47.1 Å². The van der Waals surface area contributed by atoms with Crippen LogP contribution >= 0.6 is 11.8 Å². The predicted molar refractivity (Wildman–Crippen MR) is 224 cm³/mol. The first-order valence-corrected chi connectivity index (χ1v) is 21.7. The summed E-state index contributed by atoms with van der Waals surface area (Å²) in [5, 5.41) is 52.8. The number of nitrogens with zero attached hydrogens (tertiary/aromatic N) is 1. The second kappa shape index (κ2) is 21.2. The highest BCUT2D eigenvalue weighted by molar-refractivity contribution is 7.99. The first-order valence-electron chi connectivity index (χ1n) is 20.7. The minimum Gasteiger partial charge on any atom is -0.393 e. The van der Waals surface area contributed by atoms with Gasteiger partial charge in [-0.05, 0) is 37.3 Å². The van der Waals surface area contributed by atoms with E-state index in [0.29, 0.717) is 27.9 Å². The van der Waals surface area contributed by atoms with Crippen molar-refractivity contribution in [3.63, 3.8) is 0 Å². The van der Waals surface area contributed by atoms with Crippen LogP contribution in [0.15, 0.2) is 29.3 Å². The number of piperidine rings is 1. The molecule has 0 saturated carbocycles. The zero-order valence-electron chi connectivity index (χ0n) is 35.1. The molecule has 1 saturated heterocycles. The summed E-state index contributed by atoms with van der Waals surface area (Å²) >= 11 is 1.11. The Hall–Kier alpha value is -5.29. The molecule has 3 aliphatic rings. The Morgan fingerprint density at radius 3 is 2.23 bits per heavy atom. The molecule has 3 aliphatic heterocycles. The van der Waals surface area contributed by atoms with Crippen molar-refractivity contribution in [3.05, 3.63) is 29.8 Å². The molecular formula is C40H58N10O11S. The number of thioether (sulfide) groups is 1. The summed E-state index contributed by atoms with van der Waals surface area (Å²) in [6.07, 6.45) is -4.48. The van der Waals surface area contributed by atoms with E-state index in [9.17, 15) is 53.7 Å². The van der Waals surface area contributed by atoms with Gasteiger partial charge in [0.05, 0.1) is 48.8 Å². The zero-order valence-corrected chi connectivity index (χ0v) is 35.9. The molecule has 1 fully saturated rings.